The van der Waals surface area contributed by atoms with E-state index >= 15 is 0 Å². The SMILES string of the molecule is CC[C@H](N)C(=O)N1CC[C@H]2NC(=O)[C@H](Cc3ccccc3)NC(=O)C3(C/C=C/C[C@H]2C1)CCOCC3. The van der Waals surface area contributed by atoms with Crippen LogP contribution in [-0.2, 0) is 25.5 Å². The van der Waals surface area contributed by atoms with Gasteiger partial charge in [0.2, 0.25) is 17.7 Å². The van der Waals surface area contributed by atoms with E-state index in [0.29, 0.717) is 64.8 Å². The average Bonchev–Trinajstić information content (AvgIpc) is 2.91. The van der Waals surface area contributed by atoms with Gasteiger partial charge in [-0.2, -0.15) is 0 Å². The molecular weight excluding hydrogens is 456 g/mol. The zero-order valence-electron chi connectivity index (χ0n) is 21.3. The first-order valence-corrected chi connectivity index (χ1v) is 13.3. The summed E-state index contributed by atoms with van der Waals surface area (Å²) in [5.41, 5.74) is 6.45. The van der Waals surface area contributed by atoms with Gasteiger partial charge in [-0.15, -0.1) is 0 Å². The van der Waals surface area contributed by atoms with Gasteiger partial charge in [0, 0.05) is 44.7 Å². The molecule has 196 valence electrons. The molecule has 3 heterocycles. The highest BCUT2D eigenvalue weighted by Gasteiger charge is 2.41. The third-order valence-corrected chi connectivity index (χ3v) is 8.08. The number of nitrogens with two attached hydrogens (primary N) is 1. The first kappa shape index (κ1) is 26.4. The molecule has 0 aromatic heterocycles. The average molecular weight is 497 g/mol. The quantitative estimate of drug-likeness (QED) is 0.551. The van der Waals surface area contributed by atoms with Crippen molar-refractivity contribution in [3.05, 3.63) is 48.0 Å². The van der Waals surface area contributed by atoms with E-state index in [4.69, 9.17) is 10.5 Å². The van der Waals surface area contributed by atoms with Gasteiger partial charge in [0.05, 0.1) is 11.5 Å². The Morgan fingerprint density at radius 2 is 1.92 bits per heavy atom. The van der Waals surface area contributed by atoms with Crippen LogP contribution >= 0.6 is 0 Å². The zero-order valence-corrected chi connectivity index (χ0v) is 21.3. The minimum Gasteiger partial charge on any atom is -0.381 e. The van der Waals surface area contributed by atoms with Crippen LogP contribution in [0.4, 0.5) is 0 Å². The van der Waals surface area contributed by atoms with Gasteiger partial charge in [0.15, 0.2) is 0 Å². The summed E-state index contributed by atoms with van der Waals surface area (Å²) in [6.07, 6.45) is 8.52. The topological polar surface area (TPSA) is 114 Å². The maximum Gasteiger partial charge on any atom is 0.243 e. The zero-order chi connectivity index (χ0) is 25.5. The minimum absolute atomic E-state index is 0.0206. The summed E-state index contributed by atoms with van der Waals surface area (Å²) in [5, 5.41) is 6.36. The number of fused-ring (bicyclic) bond motifs is 1. The molecule has 2 fully saturated rings. The number of ether oxygens (including phenoxy) is 1. The summed E-state index contributed by atoms with van der Waals surface area (Å²) in [5.74, 6) is -0.172. The maximum atomic E-state index is 13.6. The molecule has 3 aliphatic rings. The molecule has 0 aliphatic carbocycles. The number of amides is 3. The van der Waals surface area contributed by atoms with Crippen LogP contribution in [0.2, 0.25) is 0 Å². The van der Waals surface area contributed by atoms with Gasteiger partial charge in [0.25, 0.3) is 0 Å². The lowest BCUT2D eigenvalue weighted by Crippen LogP contribution is -2.59. The van der Waals surface area contributed by atoms with Crippen molar-refractivity contribution in [2.24, 2.45) is 17.1 Å². The van der Waals surface area contributed by atoms with E-state index in [2.05, 4.69) is 22.8 Å². The summed E-state index contributed by atoms with van der Waals surface area (Å²) in [4.78, 5) is 41.8. The van der Waals surface area contributed by atoms with E-state index in [-0.39, 0.29) is 29.7 Å². The highest BCUT2D eigenvalue weighted by atomic mass is 16.5. The number of allylic oxidation sites excluding steroid dienone is 2. The number of piperidine rings is 1. The van der Waals surface area contributed by atoms with Gasteiger partial charge in [-0.3, -0.25) is 14.4 Å². The van der Waals surface area contributed by atoms with Crippen molar-refractivity contribution in [3.63, 3.8) is 0 Å². The monoisotopic (exact) mass is 496 g/mol. The van der Waals surface area contributed by atoms with Gasteiger partial charge in [-0.1, -0.05) is 49.4 Å². The Bertz CT molecular complexity index is 944. The fourth-order valence-corrected chi connectivity index (χ4v) is 5.59. The van der Waals surface area contributed by atoms with Crippen LogP contribution in [0.15, 0.2) is 42.5 Å². The molecule has 36 heavy (non-hydrogen) atoms. The van der Waals surface area contributed by atoms with E-state index < -0.39 is 17.5 Å². The molecule has 4 rings (SSSR count). The number of likely N-dealkylation sites (tertiary alicyclic amines) is 1. The second-order valence-electron chi connectivity index (χ2n) is 10.5. The predicted octanol–water partition coefficient (Wildman–Crippen LogP) is 1.93. The Labute approximate surface area is 214 Å². The van der Waals surface area contributed by atoms with E-state index in [1.165, 1.54) is 0 Å². The molecular formula is C28H40N4O4. The summed E-state index contributed by atoms with van der Waals surface area (Å²) in [7, 11) is 0. The number of benzene rings is 1. The smallest absolute Gasteiger partial charge is 0.243 e. The molecule has 4 N–H and O–H groups in total. The Balaban J connectivity index is 1.59. The van der Waals surface area contributed by atoms with Crippen LogP contribution in [0, 0.1) is 11.3 Å². The van der Waals surface area contributed by atoms with E-state index in [9.17, 15) is 14.4 Å². The van der Waals surface area contributed by atoms with Crippen LogP contribution < -0.4 is 16.4 Å². The van der Waals surface area contributed by atoms with E-state index in [1.807, 2.05) is 42.2 Å². The number of nitrogens with one attached hydrogen (secondary N) is 2. The van der Waals surface area contributed by atoms with Gasteiger partial charge in [-0.25, -0.2) is 0 Å². The first-order chi connectivity index (χ1) is 17.4. The molecule has 1 aromatic carbocycles. The van der Waals surface area contributed by atoms with Gasteiger partial charge in [-0.05, 0) is 44.1 Å². The maximum absolute atomic E-state index is 13.6. The third-order valence-electron chi connectivity index (χ3n) is 8.08. The van der Waals surface area contributed by atoms with Crippen LogP contribution in [0.25, 0.3) is 0 Å². The van der Waals surface area contributed by atoms with Crippen LogP contribution in [0.5, 0.6) is 0 Å². The van der Waals surface area contributed by atoms with Gasteiger partial charge in [0.1, 0.15) is 6.04 Å². The van der Waals surface area contributed by atoms with E-state index in [1.54, 1.807) is 0 Å². The first-order valence-electron chi connectivity index (χ1n) is 13.3. The van der Waals surface area contributed by atoms with E-state index in [0.717, 1.165) is 12.0 Å². The van der Waals surface area contributed by atoms with Crippen molar-refractivity contribution in [1.29, 1.82) is 0 Å². The molecule has 0 bridgehead atoms. The molecule has 3 aliphatic heterocycles. The van der Waals surface area contributed by atoms with Crippen molar-refractivity contribution in [2.45, 2.75) is 70.0 Å². The Kier molecular flexibility index (Phi) is 8.80. The van der Waals surface area contributed by atoms with Crippen molar-refractivity contribution in [1.82, 2.24) is 15.5 Å². The Hall–Kier alpha value is -2.71. The highest BCUT2D eigenvalue weighted by Crippen LogP contribution is 2.36. The van der Waals surface area contributed by atoms with Crippen LogP contribution in [0.1, 0.15) is 51.0 Å². The molecule has 8 heteroatoms. The molecule has 0 unspecified atom stereocenters. The Morgan fingerprint density at radius 3 is 2.64 bits per heavy atom. The highest BCUT2D eigenvalue weighted by molar-refractivity contribution is 5.90. The minimum atomic E-state index is -0.670. The molecule has 8 nitrogen and oxygen atoms in total. The lowest BCUT2D eigenvalue weighted by atomic mass is 9.75. The second-order valence-corrected chi connectivity index (χ2v) is 10.5. The third kappa shape index (κ3) is 6.16. The van der Waals surface area contributed by atoms with Crippen molar-refractivity contribution in [2.75, 3.05) is 26.3 Å². The molecule has 4 atom stereocenters. The summed E-state index contributed by atoms with van der Waals surface area (Å²) in [6, 6.07) is 8.55. The van der Waals surface area contributed by atoms with Crippen molar-refractivity contribution in [3.8, 4) is 0 Å². The standard InChI is InChI=1S/C28H40N4O4/c1-2-22(29)26(34)32-15-11-23-21(19-32)10-6-7-12-28(13-16-36-17-14-28)27(35)31-24(25(33)30-23)18-20-8-4-3-5-9-20/h3-9,21-24H,2,10-19,29H2,1H3,(H,30,33)(H,31,35)/b7-6+/t21-,22-,23+,24-/m0/s1. The lowest BCUT2D eigenvalue weighted by Gasteiger charge is -2.41. The largest absolute Gasteiger partial charge is 0.381 e. The molecule has 1 spiro atoms. The normalized spacial score (nSPS) is 28.6. The molecule has 1 aromatic rings. The molecule has 2 saturated heterocycles. The number of rotatable bonds is 4. The van der Waals surface area contributed by atoms with Crippen molar-refractivity contribution < 1.29 is 19.1 Å². The number of nitrogens with zero attached hydrogens (tertiary/aromatic N) is 1. The number of hydrogen-bond acceptors (Lipinski definition) is 5. The van der Waals surface area contributed by atoms with Crippen LogP contribution in [-0.4, -0.2) is 67.1 Å². The molecule has 3 amide bonds. The predicted molar refractivity (Wildman–Crippen MR) is 138 cm³/mol. The van der Waals surface area contributed by atoms with Crippen LogP contribution in [0.3, 0.4) is 0 Å². The van der Waals surface area contributed by atoms with Gasteiger partial charge >= 0.3 is 0 Å². The second kappa shape index (κ2) is 12.0. The number of carbonyl (C=O) groups excluding carboxylic acids is 3. The summed E-state index contributed by atoms with van der Waals surface area (Å²) < 4.78 is 5.56. The summed E-state index contributed by atoms with van der Waals surface area (Å²) in [6.45, 7) is 4.13. The molecule has 0 radical (unpaired) electrons. The number of carbonyl (C=O) groups is 3. The fraction of sp³-hybridized carbons (Fsp3) is 0.607. The van der Waals surface area contributed by atoms with Crippen molar-refractivity contribution >= 4 is 17.7 Å². The van der Waals surface area contributed by atoms with Gasteiger partial charge < -0.3 is 26.0 Å². The Morgan fingerprint density at radius 1 is 1.17 bits per heavy atom. The number of hydrogen-bond donors (Lipinski definition) is 3. The summed E-state index contributed by atoms with van der Waals surface area (Å²) >= 11 is 0. The fourth-order valence-electron chi connectivity index (χ4n) is 5.59. The lowest BCUT2D eigenvalue weighted by molar-refractivity contribution is -0.140. The molecule has 0 saturated carbocycles.